The van der Waals surface area contributed by atoms with E-state index in [0.29, 0.717) is 0 Å². The van der Waals surface area contributed by atoms with Gasteiger partial charge in [-0.2, -0.15) is 0 Å². The molecule has 5 heteroatoms. The van der Waals surface area contributed by atoms with Crippen LogP contribution in [0.1, 0.15) is 19.3 Å². The van der Waals surface area contributed by atoms with Crippen molar-refractivity contribution < 1.29 is 0 Å². The third-order valence-electron chi connectivity index (χ3n) is 3.85. The van der Waals surface area contributed by atoms with Crippen LogP contribution in [0.15, 0.2) is 29.9 Å². The molecule has 0 aliphatic carbocycles. The molecule has 4 nitrogen and oxygen atoms in total. The summed E-state index contributed by atoms with van der Waals surface area (Å²) in [6, 6.07) is 6.39. The number of rotatable bonds is 2. The van der Waals surface area contributed by atoms with Gasteiger partial charge in [0.25, 0.3) is 0 Å². The summed E-state index contributed by atoms with van der Waals surface area (Å²) in [6.07, 6.45) is 5.51. The van der Waals surface area contributed by atoms with Crippen LogP contribution >= 0.6 is 11.3 Å². The quantitative estimate of drug-likeness (QED) is 0.781. The molecule has 0 atom stereocenters. The van der Waals surface area contributed by atoms with Gasteiger partial charge in [-0.05, 0) is 36.8 Å². The number of aromatic nitrogens is 3. The van der Waals surface area contributed by atoms with Crippen LogP contribution in [0, 0.1) is 0 Å². The zero-order chi connectivity index (χ0) is 13.4. The first-order valence-corrected chi connectivity index (χ1v) is 7.92. The molecule has 3 aromatic rings. The fourth-order valence-corrected chi connectivity index (χ4v) is 3.55. The van der Waals surface area contributed by atoms with Crippen LogP contribution in [0.2, 0.25) is 0 Å². The third kappa shape index (κ3) is 1.98. The number of aromatic amines is 1. The van der Waals surface area contributed by atoms with E-state index in [1.807, 2.05) is 0 Å². The number of fused-ring (bicyclic) bond motifs is 1. The fourth-order valence-electron chi connectivity index (χ4n) is 2.85. The van der Waals surface area contributed by atoms with Gasteiger partial charge in [0.05, 0.1) is 16.0 Å². The largest absolute Gasteiger partial charge is 0.356 e. The zero-order valence-corrected chi connectivity index (χ0v) is 12.0. The van der Waals surface area contributed by atoms with E-state index in [9.17, 15) is 0 Å². The van der Waals surface area contributed by atoms with Gasteiger partial charge in [0.2, 0.25) is 0 Å². The highest BCUT2D eigenvalue weighted by atomic mass is 32.1. The summed E-state index contributed by atoms with van der Waals surface area (Å²) >= 11 is 1.74. The Balaban J connectivity index is 1.81. The highest BCUT2D eigenvalue weighted by Crippen LogP contribution is 2.31. The molecule has 1 aliphatic heterocycles. The zero-order valence-electron chi connectivity index (χ0n) is 11.2. The third-order valence-corrected chi connectivity index (χ3v) is 4.75. The van der Waals surface area contributed by atoms with Crippen LogP contribution in [0.3, 0.4) is 0 Å². The molecule has 102 valence electrons. The molecule has 1 saturated heterocycles. The molecule has 1 fully saturated rings. The number of thiophene rings is 1. The molecule has 0 saturated carbocycles. The second-order valence-corrected chi connectivity index (χ2v) is 6.12. The molecule has 1 N–H and O–H groups in total. The minimum atomic E-state index is 0.934. The van der Waals surface area contributed by atoms with Crippen molar-refractivity contribution in [2.45, 2.75) is 19.3 Å². The summed E-state index contributed by atoms with van der Waals surface area (Å²) in [4.78, 5) is 15.9. The molecule has 0 unspecified atom stereocenters. The van der Waals surface area contributed by atoms with Crippen molar-refractivity contribution in [2.24, 2.45) is 0 Å². The Kier molecular flexibility index (Phi) is 2.92. The van der Waals surface area contributed by atoms with E-state index < -0.39 is 0 Å². The smallest absolute Gasteiger partial charge is 0.143 e. The number of hydrogen-bond acceptors (Lipinski definition) is 4. The normalized spacial score (nSPS) is 15.9. The molecular weight excluding hydrogens is 268 g/mol. The second-order valence-electron chi connectivity index (χ2n) is 5.17. The summed E-state index contributed by atoms with van der Waals surface area (Å²) in [5, 5.41) is 3.23. The van der Waals surface area contributed by atoms with E-state index in [0.717, 1.165) is 35.6 Å². The number of H-pyrrole nitrogens is 1. The Labute approximate surface area is 121 Å². The van der Waals surface area contributed by atoms with Crippen molar-refractivity contribution in [3.63, 3.8) is 0 Å². The lowest BCUT2D eigenvalue weighted by Gasteiger charge is -2.27. The van der Waals surface area contributed by atoms with Crippen LogP contribution in [0.25, 0.3) is 21.6 Å². The number of nitrogens with zero attached hydrogens (tertiary/aromatic N) is 3. The van der Waals surface area contributed by atoms with E-state index in [4.69, 9.17) is 0 Å². The lowest BCUT2D eigenvalue weighted by atomic mass is 10.1. The van der Waals surface area contributed by atoms with Crippen molar-refractivity contribution in [1.82, 2.24) is 15.0 Å². The van der Waals surface area contributed by atoms with Crippen LogP contribution in [0.4, 0.5) is 5.82 Å². The van der Waals surface area contributed by atoms with Crippen LogP contribution in [0.5, 0.6) is 0 Å². The molecule has 0 amide bonds. The number of hydrogen-bond donors (Lipinski definition) is 1. The summed E-state index contributed by atoms with van der Waals surface area (Å²) in [7, 11) is 0. The Morgan fingerprint density at radius 1 is 1.15 bits per heavy atom. The van der Waals surface area contributed by atoms with E-state index in [1.54, 1.807) is 17.7 Å². The molecular formula is C15H16N4S. The Morgan fingerprint density at radius 3 is 2.85 bits per heavy atom. The lowest BCUT2D eigenvalue weighted by Crippen LogP contribution is -2.30. The Hall–Kier alpha value is -1.88. The number of piperidine rings is 1. The van der Waals surface area contributed by atoms with Crippen LogP contribution in [-0.2, 0) is 0 Å². The van der Waals surface area contributed by atoms with Gasteiger partial charge in [0.1, 0.15) is 17.8 Å². The van der Waals surface area contributed by atoms with Gasteiger partial charge in [-0.15, -0.1) is 11.3 Å². The van der Waals surface area contributed by atoms with Gasteiger partial charge >= 0.3 is 0 Å². The minimum absolute atomic E-state index is 0.934. The highest BCUT2D eigenvalue weighted by Gasteiger charge is 2.17. The van der Waals surface area contributed by atoms with E-state index in [1.165, 1.54) is 24.1 Å². The number of anilines is 1. The SMILES string of the molecule is c1csc(-c2cc3c(N4CCCCC4)ncnc3[nH]2)c1. The molecule has 4 heterocycles. The van der Waals surface area contributed by atoms with Gasteiger partial charge in [-0.3, -0.25) is 0 Å². The number of nitrogens with one attached hydrogen (secondary N) is 1. The van der Waals surface area contributed by atoms with E-state index >= 15 is 0 Å². The monoisotopic (exact) mass is 284 g/mol. The van der Waals surface area contributed by atoms with E-state index in [-0.39, 0.29) is 0 Å². The van der Waals surface area contributed by atoms with Crippen molar-refractivity contribution in [3.05, 3.63) is 29.9 Å². The van der Waals surface area contributed by atoms with Gasteiger partial charge in [0, 0.05) is 13.1 Å². The average Bonchev–Trinajstić information content (AvgIpc) is 3.16. The predicted octanol–water partition coefficient (Wildman–Crippen LogP) is 3.68. The first kappa shape index (κ1) is 11.9. The standard InChI is InChI=1S/C15H16N4S/c1-2-6-19(7-3-1)15-11-9-12(13-5-4-8-20-13)18-14(11)16-10-17-15/h4-5,8-10H,1-3,6-7H2,(H,16,17,18). The lowest BCUT2D eigenvalue weighted by molar-refractivity contribution is 0.574. The minimum Gasteiger partial charge on any atom is -0.356 e. The summed E-state index contributed by atoms with van der Waals surface area (Å²) < 4.78 is 0. The van der Waals surface area contributed by atoms with Gasteiger partial charge in [-0.25, -0.2) is 9.97 Å². The Morgan fingerprint density at radius 2 is 2.05 bits per heavy atom. The van der Waals surface area contributed by atoms with Crippen molar-refractivity contribution >= 4 is 28.2 Å². The fraction of sp³-hybridized carbons (Fsp3) is 0.333. The molecule has 0 spiro atoms. The summed E-state index contributed by atoms with van der Waals surface area (Å²) in [5.74, 6) is 1.08. The van der Waals surface area contributed by atoms with Crippen molar-refractivity contribution in [1.29, 1.82) is 0 Å². The van der Waals surface area contributed by atoms with Gasteiger partial charge in [0.15, 0.2) is 0 Å². The van der Waals surface area contributed by atoms with Crippen molar-refractivity contribution in [3.8, 4) is 10.6 Å². The summed E-state index contributed by atoms with van der Waals surface area (Å²) in [5.41, 5.74) is 2.07. The maximum Gasteiger partial charge on any atom is 0.143 e. The second kappa shape index (κ2) is 4.90. The summed E-state index contributed by atoms with van der Waals surface area (Å²) in [6.45, 7) is 2.21. The predicted molar refractivity (Wildman–Crippen MR) is 83.3 cm³/mol. The molecule has 4 rings (SSSR count). The molecule has 3 aromatic heterocycles. The van der Waals surface area contributed by atoms with Crippen molar-refractivity contribution in [2.75, 3.05) is 18.0 Å². The first-order chi connectivity index (χ1) is 9.92. The van der Waals surface area contributed by atoms with Gasteiger partial charge < -0.3 is 9.88 Å². The van der Waals surface area contributed by atoms with Crippen LogP contribution in [-0.4, -0.2) is 28.0 Å². The van der Waals surface area contributed by atoms with Crippen LogP contribution < -0.4 is 4.90 Å². The van der Waals surface area contributed by atoms with E-state index in [2.05, 4.69) is 43.4 Å². The maximum absolute atomic E-state index is 4.52. The molecule has 1 aliphatic rings. The molecule has 0 radical (unpaired) electrons. The van der Waals surface area contributed by atoms with Gasteiger partial charge in [-0.1, -0.05) is 6.07 Å². The maximum atomic E-state index is 4.52. The molecule has 0 bridgehead atoms. The molecule has 20 heavy (non-hydrogen) atoms. The highest BCUT2D eigenvalue weighted by molar-refractivity contribution is 7.13. The topological polar surface area (TPSA) is 44.8 Å². The average molecular weight is 284 g/mol. The molecule has 0 aromatic carbocycles. The Bertz CT molecular complexity index is 711. The first-order valence-electron chi connectivity index (χ1n) is 7.04.